The standard InChI is InChI=1S/C13H15F3N2O2/c14-13(15,16)20-11-7-9(1-2-10(11)12(17)19)8-3-5-18-6-4-8/h1-2,7-8,18H,3-6H2,(H2,17,19). The summed E-state index contributed by atoms with van der Waals surface area (Å²) in [7, 11) is 0. The van der Waals surface area contributed by atoms with Gasteiger partial charge in [-0.25, -0.2) is 0 Å². The van der Waals surface area contributed by atoms with E-state index in [4.69, 9.17) is 5.73 Å². The van der Waals surface area contributed by atoms with Gasteiger partial charge in [0.15, 0.2) is 0 Å². The molecule has 20 heavy (non-hydrogen) atoms. The van der Waals surface area contributed by atoms with Crippen molar-refractivity contribution in [1.29, 1.82) is 0 Å². The van der Waals surface area contributed by atoms with Gasteiger partial charge in [-0.15, -0.1) is 13.2 Å². The summed E-state index contributed by atoms with van der Waals surface area (Å²) in [4.78, 5) is 11.2. The number of nitrogens with one attached hydrogen (secondary N) is 1. The first-order valence-electron chi connectivity index (χ1n) is 6.27. The Morgan fingerprint density at radius 3 is 2.50 bits per heavy atom. The van der Waals surface area contributed by atoms with Crippen LogP contribution in [0.4, 0.5) is 13.2 Å². The monoisotopic (exact) mass is 288 g/mol. The molecule has 1 saturated heterocycles. The van der Waals surface area contributed by atoms with E-state index in [-0.39, 0.29) is 11.5 Å². The van der Waals surface area contributed by atoms with Gasteiger partial charge in [0.2, 0.25) is 0 Å². The lowest BCUT2D eigenvalue weighted by Crippen LogP contribution is -2.27. The molecule has 1 aliphatic heterocycles. The fraction of sp³-hybridized carbons (Fsp3) is 0.462. The van der Waals surface area contributed by atoms with Crippen molar-refractivity contribution in [2.45, 2.75) is 25.1 Å². The molecule has 110 valence electrons. The molecule has 0 unspecified atom stereocenters. The Morgan fingerprint density at radius 1 is 1.30 bits per heavy atom. The molecular formula is C13H15F3N2O2. The average Bonchev–Trinajstić information content (AvgIpc) is 2.37. The number of hydrogen-bond acceptors (Lipinski definition) is 3. The van der Waals surface area contributed by atoms with E-state index in [1.165, 1.54) is 12.1 Å². The number of alkyl halides is 3. The van der Waals surface area contributed by atoms with Crippen LogP contribution in [-0.2, 0) is 0 Å². The number of hydrogen-bond donors (Lipinski definition) is 2. The van der Waals surface area contributed by atoms with Gasteiger partial charge in [0.05, 0.1) is 5.56 Å². The van der Waals surface area contributed by atoms with Gasteiger partial charge in [-0.05, 0) is 49.5 Å². The largest absolute Gasteiger partial charge is 0.573 e. The van der Waals surface area contributed by atoms with E-state index in [2.05, 4.69) is 10.1 Å². The summed E-state index contributed by atoms with van der Waals surface area (Å²) in [6.07, 6.45) is -3.18. The van der Waals surface area contributed by atoms with Crippen LogP contribution < -0.4 is 15.8 Å². The van der Waals surface area contributed by atoms with Crippen molar-refractivity contribution < 1.29 is 22.7 Å². The molecule has 0 atom stereocenters. The molecule has 1 heterocycles. The third-order valence-corrected chi connectivity index (χ3v) is 3.31. The lowest BCUT2D eigenvalue weighted by molar-refractivity contribution is -0.274. The number of rotatable bonds is 3. The van der Waals surface area contributed by atoms with E-state index in [0.717, 1.165) is 31.5 Å². The van der Waals surface area contributed by atoms with Crippen LogP contribution in [-0.4, -0.2) is 25.4 Å². The van der Waals surface area contributed by atoms with E-state index < -0.39 is 18.0 Å². The molecule has 0 aliphatic carbocycles. The van der Waals surface area contributed by atoms with Crippen molar-refractivity contribution in [1.82, 2.24) is 5.32 Å². The van der Waals surface area contributed by atoms with E-state index in [9.17, 15) is 18.0 Å². The lowest BCUT2D eigenvalue weighted by Gasteiger charge is -2.24. The maximum atomic E-state index is 12.4. The number of ether oxygens (including phenoxy) is 1. The van der Waals surface area contributed by atoms with Crippen LogP contribution in [0.2, 0.25) is 0 Å². The van der Waals surface area contributed by atoms with Crippen molar-refractivity contribution >= 4 is 5.91 Å². The predicted octanol–water partition coefficient (Wildman–Crippen LogP) is 2.15. The zero-order valence-electron chi connectivity index (χ0n) is 10.7. The number of nitrogens with two attached hydrogens (primary N) is 1. The molecule has 0 bridgehead atoms. The van der Waals surface area contributed by atoms with Crippen LogP contribution in [0.1, 0.15) is 34.7 Å². The summed E-state index contributed by atoms with van der Waals surface area (Å²) in [6.45, 7) is 1.63. The molecule has 7 heteroatoms. The van der Waals surface area contributed by atoms with Gasteiger partial charge in [-0.2, -0.15) is 0 Å². The Bertz CT molecular complexity index is 497. The highest BCUT2D eigenvalue weighted by Gasteiger charge is 2.33. The van der Waals surface area contributed by atoms with Gasteiger partial charge in [-0.1, -0.05) is 6.07 Å². The number of carbonyl (C=O) groups excluding carboxylic acids is 1. The smallest absolute Gasteiger partial charge is 0.405 e. The normalized spacial score (nSPS) is 16.9. The third kappa shape index (κ3) is 3.63. The summed E-state index contributed by atoms with van der Waals surface area (Å²) < 4.78 is 41.0. The quantitative estimate of drug-likeness (QED) is 0.895. The fourth-order valence-corrected chi connectivity index (χ4v) is 2.36. The number of amides is 1. The first-order chi connectivity index (χ1) is 9.37. The van der Waals surface area contributed by atoms with Gasteiger partial charge in [0.25, 0.3) is 5.91 Å². The Labute approximate surface area is 114 Å². The highest BCUT2D eigenvalue weighted by atomic mass is 19.4. The van der Waals surface area contributed by atoms with Crippen molar-refractivity contribution in [3.63, 3.8) is 0 Å². The second-order valence-electron chi connectivity index (χ2n) is 4.69. The van der Waals surface area contributed by atoms with Crippen LogP contribution in [0.15, 0.2) is 18.2 Å². The van der Waals surface area contributed by atoms with Crippen molar-refractivity contribution in [3.8, 4) is 5.75 Å². The molecule has 0 saturated carbocycles. The van der Waals surface area contributed by atoms with Gasteiger partial charge in [0, 0.05) is 0 Å². The first kappa shape index (κ1) is 14.6. The SMILES string of the molecule is NC(=O)c1ccc(C2CCNCC2)cc1OC(F)(F)F. The Morgan fingerprint density at radius 2 is 1.95 bits per heavy atom. The molecular weight excluding hydrogens is 273 g/mol. The van der Waals surface area contributed by atoms with Crippen molar-refractivity contribution in [2.75, 3.05) is 13.1 Å². The third-order valence-electron chi connectivity index (χ3n) is 3.31. The molecule has 0 radical (unpaired) electrons. The van der Waals surface area contributed by atoms with E-state index in [1.807, 2.05) is 0 Å². The molecule has 3 N–H and O–H groups in total. The second-order valence-corrected chi connectivity index (χ2v) is 4.69. The molecule has 1 aromatic carbocycles. The number of benzene rings is 1. The molecule has 2 rings (SSSR count). The minimum absolute atomic E-state index is 0.161. The molecule has 1 aliphatic rings. The van der Waals surface area contributed by atoms with Crippen LogP contribution in [0.25, 0.3) is 0 Å². The molecule has 4 nitrogen and oxygen atoms in total. The minimum atomic E-state index is -4.85. The highest BCUT2D eigenvalue weighted by molar-refractivity contribution is 5.95. The zero-order chi connectivity index (χ0) is 14.8. The van der Waals surface area contributed by atoms with E-state index in [0.29, 0.717) is 0 Å². The van der Waals surface area contributed by atoms with Gasteiger partial charge < -0.3 is 15.8 Å². The van der Waals surface area contributed by atoms with E-state index >= 15 is 0 Å². The minimum Gasteiger partial charge on any atom is -0.405 e. The molecule has 0 spiro atoms. The summed E-state index contributed by atoms with van der Waals surface area (Å²) in [6, 6.07) is 4.20. The fourth-order valence-electron chi connectivity index (χ4n) is 2.36. The van der Waals surface area contributed by atoms with E-state index in [1.54, 1.807) is 6.07 Å². The van der Waals surface area contributed by atoms with Gasteiger partial charge in [0.1, 0.15) is 5.75 Å². The maximum Gasteiger partial charge on any atom is 0.573 e. The molecule has 1 amide bonds. The van der Waals surface area contributed by atoms with Crippen LogP contribution in [0.3, 0.4) is 0 Å². The van der Waals surface area contributed by atoms with Crippen molar-refractivity contribution in [3.05, 3.63) is 29.3 Å². The first-order valence-corrected chi connectivity index (χ1v) is 6.27. The van der Waals surface area contributed by atoms with Crippen LogP contribution >= 0.6 is 0 Å². The summed E-state index contributed by atoms with van der Waals surface area (Å²) in [5.74, 6) is -1.31. The molecule has 1 aromatic rings. The van der Waals surface area contributed by atoms with Gasteiger partial charge >= 0.3 is 6.36 Å². The zero-order valence-corrected chi connectivity index (χ0v) is 10.7. The Hall–Kier alpha value is -1.76. The number of halogens is 3. The topological polar surface area (TPSA) is 64.4 Å². The second kappa shape index (κ2) is 5.70. The number of piperidine rings is 1. The van der Waals surface area contributed by atoms with Crippen LogP contribution in [0, 0.1) is 0 Å². The summed E-state index contributed by atoms with van der Waals surface area (Å²) in [5.41, 5.74) is 5.53. The average molecular weight is 288 g/mol. The number of primary amides is 1. The highest BCUT2D eigenvalue weighted by Crippen LogP contribution is 2.32. The Kier molecular flexibility index (Phi) is 4.17. The number of carbonyl (C=O) groups is 1. The molecule has 0 aromatic heterocycles. The molecule has 1 fully saturated rings. The predicted molar refractivity (Wildman–Crippen MR) is 66.5 cm³/mol. The summed E-state index contributed by atoms with van der Waals surface area (Å²) in [5, 5.41) is 3.18. The van der Waals surface area contributed by atoms with Crippen molar-refractivity contribution in [2.24, 2.45) is 5.73 Å². The summed E-state index contributed by atoms with van der Waals surface area (Å²) >= 11 is 0. The maximum absolute atomic E-state index is 12.4. The lowest BCUT2D eigenvalue weighted by atomic mass is 9.89. The van der Waals surface area contributed by atoms with Gasteiger partial charge in [-0.3, -0.25) is 4.79 Å². The Balaban J connectivity index is 2.31. The van der Waals surface area contributed by atoms with Crippen LogP contribution in [0.5, 0.6) is 5.75 Å².